The van der Waals surface area contributed by atoms with Crippen molar-refractivity contribution in [1.29, 1.82) is 0 Å². The number of hydrogen-bond donors (Lipinski definition) is 1. The van der Waals surface area contributed by atoms with E-state index < -0.39 is 0 Å². The topological polar surface area (TPSA) is 56.7 Å². The fourth-order valence-corrected chi connectivity index (χ4v) is 1.80. The largest absolute Gasteiger partial charge is 0.325 e. The van der Waals surface area contributed by atoms with E-state index in [1.54, 1.807) is 6.20 Å². The first-order valence-corrected chi connectivity index (χ1v) is 5.54. The molecule has 0 amide bonds. The number of benzene rings is 1. The van der Waals surface area contributed by atoms with Gasteiger partial charge in [-0.05, 0) is 18.1 Å². The van der Waals surface area contributed by atoms with Crippen LogP contribution in [0.25, 0.3) is 5.69 Å². The lowest BCUT2D eigenvalue weighted by Crippen LogP contribution is -2.09. The maximum absolute atomic E-state index is 5.66. The molecule has 2 N–H and O–H groups in total. The highest BCUT2D eigenvalue weighted by molar-refractivity contribution is 5.41. The maximum atomic E-state index is 5.66. The van der Waals surface area contributed by atoms with E-state index in [2.05, 4.69) is 29.4 Å². The molecule has 0 aliphatic heterocycles. The van der Waals surface area contributed by atoms with Crippen molar-refractivity contribution in [3.63, 3.8) is 0 Å². The Kier molecular flexibility index (Phi) is 3.31. The molecule has 0 bridgehead atoms. The zero-order valence-corrected chi connectivity index (χ0v) is 9.43. The monoisotopic (exact) mass is 216 g/mol. The molecular weight excluding hydrogens is 200 g/mol. The average molecular weight is 216 g/mol. The summed E-state index contributed by atoms with van der Waals surface area (Å²) in [5, 5.41) is 7.99. The number of para-hydroxylation sites is 1. The Balaban J connectivity index is 2.46. The molecule has 0 aliphatic rings. The number of hydrogen-bond acceptors (Lipinski definition) is 3. The van der Waals surface area contributed by atoms with Crippen LogP contribution < -0.4 is 5.73 Å². The predicted octanol–water partition coefficient (Wildman–Crippen LogP) is 1.68. The van der Waals surface area contributed by atoms with E-state index >= 15 is 0 Å². The lowest BCUT2D eigenvalue weighted by molar-refractivity contribution is 0.748. The summed E-state index contributed by atoms with van der Waals surface area (Å²) in [5.74, 6) is 0. The molecule has 16 heavy (non-hydrogen) atoms. The fourth-order valence-electron chi connectivity index (χ4n) is 1.80. The second-order valence-electron chi connectivity index (χ2n) is 3.72. The minimum Gasteiger partial charge on any atom is -0.325 e. The maximum Gasteiger partial charge on any atom is 0.0781 e. The van der Waals surface area contributed by atoms with Crippen LogP contribution in [0.4, 0.5) is 0 Å². The van der Waals surface area contributed by atoms with E-state index in [1.165, 1.54) is 5.56 Å². The molecule has 4 nitrogen and oxygen atoms in total. The lowest BCUT2D eigenvalue weighted by Gasteiger charge is -2.09. The van der Waals surface area contributed by atoms with Crippen LogP contribution in [0.2, 0.25) is 0 Å². The molecule has 0 saturated carbocycles. The minimum atomic E-state index is 0.452. The van der Waals surface area contributed by atoms with Crippen molar-refractivity contribution in [2.75, 3.05) is 0 Å². The van der Waals surface area contributed by atoms with Gasteiger partial charge >= 0.3 is 0 Å². The summed E-state index contributed by atoms with van der Waals surface area (Å²) in [7, 11) is 0. The van der Waals surface area contributed by atoms with Crippen LogP contribution in [0.3, 0.4) is 0 Å². The second kappa shape index (κ2) is 4.90. The van der Waals surface area contributed by atoms with Gasteiger partial charge in [0, 0.05) is 6.54 Å². The fraction of sp³-hybridized carbons (Fsp3) is 0.333. The van der Waals surface area contributed by atoms with E-state index in [0.29, 0.717) is 6.54 Å². The van der Waals surface area contributed by atoms with Gasteiger partial charge in [-0.2, -0.15) is 0 Å². The number of aromatic nitrogens is 3. The Morgan fingerprint density at radius 1 is 1.31 bits per heavy atom. The molecule has 1 aromatic heterocycles. The number of rotatable bonds is 4. The van der Waals surface area contributed by atoms with Gasteiger partial charge < -0.3 is 5.73 Å². The van der Waals surface area contributed by atoms with Crippen molar-refractivity contribution >= 4 is 0 Å². The molecule has 84 valence electrons. The Labute approximate surface area is 95.1 Å². The van der Waals surface area contributed by atoms with Crippen molar-refractivity contribution in [2.24, 2.45) is 5.73 Å². The van der Waals surface area contributed by atoms with Crippen molar-refractivity contribution in [3.05, 3.63) is 41.7 Å². The molecule has 2 rings (SSSR count). The molecule has 0 saturated heterocycles. The first-order chi connectivity index (χ1) is 7.86. The summed E-state index contributed by atoms with van der Waals surface area (Å²) in [5.41, 5.74) is 8.96. The van der Waals surface area contributed by atoms with E-state index in [4.69, 9.17) is 5.73 Å². The summed E-state index contributed by atoms with van der Waals surface area (Å²) in [6.07, 6.45) is 3.87. The Morgan fingerprint density at radius 2 is 2.12 bits per heavy atom. The van der Waals surface area contributed by atoms with Gasteiger partial charge in [-0.3, -0.25) is 0 Å². The molecule has 0 unspecified atom stereocenters. The predicted molar refractivity (Wildman–Crippen MR) is 63.2 cm³/mol. The third kappa shape index (κ3) is 1.97. The Bertz CT molecular complexity index is 462. The van der Waals surface area contributed by atoms with E-state index in [9.17, 15) is 0 Å². The molecule has 0 radical (unpaired) electrons. The summed E-state index contributed by atoms with van der Waals surface area (Å²) < 4.78 is 1.82. The first kappa shape index (κ1) is 10.8. The lowest BCUT2D eigenvalue weighted by atomic mass is 10.1. The molecular formula is C12H16N4. The average Bonchev–Trinajstić information content (AvgIpc) is 2.78. The quantitative estimate of drug-likeness (QED) is 0.846. The van der Waals surface area contributed by atoms with E-state index in [0.717, 1.165) is 24.2 Å². The smallest absolute Gasteiger partial charge is 0.0781 e. The molecule has 0 fully saturated rings. The van der Waals surface area contributed by atoms with E-state index in [-0.39, 0.29) is 0 Å². The Morgan fingerprint density at radius 3 is 2.88 bits per heavy atom. The van der Waals surface area contributed by atoms with Crippen LogP contribution in [-0.2, 0) is 13.0 Å². The SMILES string of the molecule is CCCc1ccccc1-n1nncc1CN. The van der Waals surface area contributed by atoms with Gasteiger partial charge in [0.1, 0.15) is 0 Å². The number of nitrogens with two attached hydrogens (primary N) is 1. The number of nitrogens with zero attached hydrogens (tertiary/aromatic N) is 3. The number of aryl methyl sites for hydroxylation is 1. The van der Waals surface area contributed by atoms with Crippen LogP contribution in [0.1, 0.15) is 24.6 Å². The molecule has 1 aromatic carbocycles. The van der Waals surface area contributed by atoms with Gasteiger partial charge in [-0.15, -0.1) is 5.10 Å². The van der Waals surface area contributed by atoms with Crippen LogP contribution >= 0.6 is 0 Å². The zero-order chi connectivity index (χ0) is 11.4. The summed E-state index contributed by atoms with van der Waals surface area (Å²) in [4.78, 5) is 0. The minimum absolute atomic E-state index is 0.452. The van der Waals surface area contributed by atoms with Crippen LogP contribution in [0.15, 0.2) is 30.5 Å². The highest BCUT2D eigenvalue weighted by atomic mass is 15.4. The van der Waals surface area contributed by atoms with Gasteiger partial charge in [0.15, 0.2) is 0 Å². The Hall–Kier alpha value is -1.68. The first-order valence-electron chi connectivity index (χ1n) is 5.54. The van der Waals surface area contributed by atoms with Crippen molar-refractivity contribution in [2.45, 2.75) is 26.3 Å². The third-order valence-corrected chi connectivity index (χ3v) is 2.57. The van der Waals surface area contributed by atoms with Crippen LogP contribution in [0, 0.1) is 0 Å². The highest BCUT2D eigenvalue weighted by Crippen LogP contribution is 2.16. The normalized spacial score (nSPS) is 10.6. The molecule has 0 aliphatic carbocycles. The molecule has 1 heterocycles. The van der Waals surface area contributed by atoms with Crippen molar-refractivity contribution in [1.82, 2.24) is 15.0 Å². The molecule has 0 spiro atoms. The van der Waals surface area contributed by atoms with Crippen LogP contribution in [-0.4, -0.2) is 15.0 Å². The van der Waals surface area contributed by atoms with Gasteiger partial charge in [-0.1, -0.05) is 36.8 Å². The second-order valence-corrected chi connectivity index (χ2v) is 3.72. The molecule has 4 heteroatoms. The molecule has 2 aromatic rings. The van der Waals surface area contributed by atoms with Gasteiger partial charge in [0.05, 0.1) is 17.6 Å². The zero-order valence-electron chi connectivity index (χ0n) is 9.43. The van der Waals surface area contributed by atoms with Gasteiger partial charge in [-0.25, -0.2) is 4.68 Å². The van der Waals surface area contributed by atoms with Crippen molar-refractivity contribution in [3.8, 4) is 5.69 Å². The molecule has 0 atom stereocenters. The summed E-state index contributed by atoms with van der Waals surface area (Å²) in [6.45, 7) is 2.62. The van der Waals surface area contributed by atoms with E-state index in [1.807, 2.05) is 16.8 Å². The highest BCUT2D eigenvalue weighted by Gasteiger charge is 2.08. The third-order valence-electron chi connectivity index (χ3n) is 2.57. The standard InChI is InChI=1S/C12H16N4/c1-2-5-10-6-3-4-7-12(10)16-11(8-13)9-14-15-16/h3-4,6-7,9H,2,5,8,13H2,1H3. The van der Waals surface area contributed by atoms with Gasteiger partial charge in [0.25, 0.3) is 0 Å². The summed E-state index contributed by atoms with van der Waals surface area (Å²) in [6, 6.07) is 8.24. The van der Waals surface area contributed by atoms with Crippen LogP contribution in [0.5, 0.6) is 0 Å². The van der Waals surface area contributed by atoms with Crippen molar-refractivity contribution < 1.29 is 0 Å². The summed E-state index contributed by atoms with van der Waals surface area (Å²) >= 11 is 0. The van der Waals surface area contributed by atoms with Gasteiger partial charge in [0.2, 0.25) is 0 Å².